The molecular weight excluding hydrogens is 274 g/mol. The zero-order valence-electron chi connectivity index (χ0n) is 11.7. The Hall–Kier alpha value is -2.44. The van der Waals surface area contributed by atoms with Gasteiger partial charge in [-0.25, -0.2) is 0 Å². The first-order valence-electron chi connectivity index (χ1n) is 6.72. The van der Waals surface area contributed by atoms with Crippen LogP contribution >= 0.6 is 0 Å². The number of ether oxygens (including phenoxy) is 1. The van der Waals surface area contributed by atoms with Crippen LogP contribution in [0.3, 0.4) is 0 Å². The third kappa shape index (κ3) is 3.18. The number of hydrogen-bond acceptors (Lipinski definition) is 5. The van der Waals surface area contributed by atoms with Gasteiger partial charge in [0.2, 0.25) is 0 Å². The molecule has 1 aliphatic carbocycles. The zero-order valence-corrected chi connectivity index (χ0v) is 11.7. The highest BCUT2D eigenvalue weighted by molar-refractivity contribution is 5.97. The molecule has 21 heavy (non-hydrogen) atoms. The van der Waals surface area contributed by atoms with Crippen molar-refractivity contribution in [3.63, 3.8) is 0 Å². The number of rotatable bonds is 4. The van der Waals surface area contributed by atoms with Crippen LogP contribution in [0.4, 0.5) is 0 Å². The second kappa shape index (κ2) is 6.34. The standard InChI is InChI=1S/C14H19N3O4/c1-21-8-5-6-10(12(18)7-8)14(19)16-11-4-2-3-9(11)13(15)17-20/h5-7,9,11,18,20H,2-4H2,1H3,(H2,15,17)(H,16,19). The topological polar surface area (TPSA) is 117 Å². The number of methoxy groups -OCH3 is 1. The Morgan fingerprint density at radius 2 is 2.24 bits per heavy atom. The van der Waals surface area contributed by atoms with E-state index in [0.29, 0.717) is 5.75 Å². The van der Waals surface area contributed by atoms with E-state index in [4.69, 9.17) is 15.7 Å². The summed E-state index contributed by atoms with van der Waals surface area (Å²) < 4.78 is 4.97. The number of hydrogen-bond donors (Lipinski definition) is 4. The summed E-state index contributed by atoms with van der Waals surface area (Å²) in [6.07, 6.45) is 2.40. The molecule has 0 heterocycles. The van der Waals surface area contributed by atoms with Crippen LogP contribution in [0.25, 0.3) is 0 Å². The number of oxime groups is 1. The lowest BCUT2D eigenvalue weighted by atomic mass is 10.0. The molecule has 1 aromatic rings. The van der Waals surface area contributed by atoms with Crippen LogP contribution in [0, 0.1) is 5.92 Å². The van der Waals surface area contributed by atoms with E-state index in [-0.39, 0.29) is 29.1 Å². The van der Waals surface area contributed by atoms with E-state index < -0.39 is 5.91 Å². The summed E-state index contributed by atoms with van der Waals surface area (Å²) >= 11 is 0. The van der Waals surface area contributed by atoms with Crippen molar-refractivity contribution in [2.75, 3.05) is 7.11 Å². The van der Waals surface area contributed by atoms with Gasteiger partial charge in [0, 0.05) is 18.0 Å². The maximum atomic E-state index is 12.2. The largest absolute Gasteiger partial charge is 0.507 e. The lowest BCUT2D eigenvalue weighted by molar-refractivity contribution is 0.0930. The minimum atomic E-state index is -0.391. The molecular formula is C14H19N3O4. The predicted molar refractivity (Wildman–Crippen MR) is 76.7 cm³/mol. The van der Waals surface area contributed by atoms with Crippen LogP contribution in [0.1, 0.15) is 29.6 Å². The van der Waals surface area contributed by atoms with E-state index in [1.807, 2.05) is 0 Å². The molecule has 2 atom stereocenters. The summed E-state index contributed by atoms with van der Waals surface area (Å²) in [6, 6.07) is 4.28. The average Bonchev–Trinajstić information content (AvgIpc) is 2.94. The van der Waals surface area contributed by atoms with Gasteiger partial charge in [-0.3, -0.25) is 4.79 Å². The third-order valence-electron chi connectivity index (χ3n) is 3.78. The molecule has 0 spiro atoms. The number of benzene rings is 1. The van der Waals surface area contributed by atoms with Gasteiger partial charge in [0.15, 0.2) is 0 Å². The summed E-state index contributed by atoms with van der Waals surface area (Å²) in [5.41, 5.74) is 5.80. The van der Waals surface area contributed by atoms with Crippen LogP contribution in [-0.4, -0.2) is 35.2 Å². The number of carbonyl (C=O) groups is 1. The van der Waals surface area contributed by atoms with E-state index in [1.165, 1.54) is 19.2 Å². The number of nitrogens with two attached hydrogens (primary N) is 1. The molecule has 7 nitrogen and oxygen atoms in total. The smallest absolute Gasteiger partial charge is 0.255 e. The Bertz CT molecular complexity index is 559. The van der Waals surface area contributed by atoms with Crippen molar-refractivity contribution in [3.05, 3.63) is 23.8 Å². The highest BCUT2D eigenvalue weighted by Gasteiger charge is 2.32. The minimum absolute atomic E-state index is 0.122. The van der Waals surface area contributed by atoms with Gasteiger partial charge in [-0.05, 0) is 25.0 Å². The molecule has 1 aliphatic rings. The molecule has 7 heteroatoms. The minimum Gasteiger partial charge on any atom is -0.507 e. The fourth-order valence-corrected chi connectivity index (χ4v) is 2.64. The zero-order chi connectivity index (χ0) is 15.4. The van der Waals surface area contributed by atoms with Crippen molar-refractivity contribution in [3.8, 4) is 11.5 Å². The third-order valence-corrected chi connectivity index (χ3v) is 3.78. The maximum Gasteiger partial charge on any atom is 0.255 e. The average molecular weight is 293 g/mol. The second-order valence-corrected chi connectivity index (χ2v) is 5.03. The van der Waals surface area contributed by atoms with Gasteiger partial charge < -0.3 is 26.1 Å². The molecule has 1 aromatic carbocycles. The quantitative estimate of drug-likeness (QED) is 0.286. The van der Waals surface area contributed by atoms with Crippen molar-refractivity contribution in [2.24, 2.45) is 16.8 Å². The number of amides is 1. The van der Waals surface area contributed by atoms with Gasteiger partial charge in [-0.2, -0.15) is 0 Å². The van der Waals surface area contributed by atoms with Crippen LogP contribution in [0.15, 0.2) is 23.4 Å². The van der Waals surface area contributed by atoms with Crippen LogP contribution < -0.4 is 15.8 Å². The lowest BCUT2D eigenvalue weighted by Crippen LogP contribution is -2.42. The molecule has 0 saturated heterocycles. The van der Waals surface area contributed by atoms with Crippen molar-refractivity contribution in [1.29, 1.82) is 0 Å². The summed E-state index contributed by atoms with van der Waals surface area (Å²) in [4.78, 5) is 12.2. The number of phenols is 1. The van der Waals surface area contributed by atoms with Gasteiger partial charge in [-0.1, -0.05) is 11.6 Å². The summed E-state index contributed by atoms with van der Waals surface area (Å²) in [7, 11) is 1.48. The Balaban J connectivity index is 2.11. The Morgan fingerprint density at radius 1 is 1.48 bits per heavy atom. The normalized spacial score (nSPS) is 22.0. The molecule has 0 radical (unpaired) electrons. The Kier molecular flexibility index (Phi) is 4.52. The highest BCUT2D eigenvalue weighted by Crippen LogP contribution is 2.28. The Labute approximate surface area is 122 Å². The van der Waals surface area contributed by atoms with Crippen molar-refractivity contribution < 1.29 is 19.8 Å². The first-order chi connectivity index (χ1) is 10.1. The van der Waals surface area contributed by atoms with Crippen LogP contribution in [0.2, 0.25) is 0 Å². The van der Waals surface area contributed by atoms with Crippen LogP contribution in [-0.2, 0) is 0 Å². The van der Waals surface area contributed by atoms with Crippen LogP contribution in [0.5, 0.6) is 11.5 Å². The predicted octanol–water partition coefficient (Wildman–Crippen LogP) is 1.05. The molecule has 2 rings (SSSR count). The van der Waals surface area contributed by atoms with Gasteiger partial charge in [0.1, 0.15) is 17.3 Å². The fraction of sp³-hybridized carbons (Fsp3) is 0.429. The van der Waals surface area contributed by atoms with E-state index >= 15 is 0 Å². The highest BCUT2D eigenvalue weighted by atomic mass is 16.5. The van der Waals surface area contributed by atoms with Gasteiger partial charge in [0.05, 0.1) is 12.7 Å². The van der Waals surface area contributed by atoms with E-state index in [2.05, 4.69) is 10.5 Å². The molecule has 0 aliphatic heterocycles. The molecule has 5 N–H and O–H groups in total. The van der Waals surface area contributed by atoms with E-state index in [1.54, 1.807) is 6.07 Å². The lowest BCUT2D eigenvalue weighted by Gasteiger charge is -2.20. The summed E-state index contributed by atoms with van der Waals surface area (Å²) in [5, 5.41) is 24.5. The number of phenolic OH excluding ortho intramolecular Hbond substituents is 1. The molecule has 114 valence electrons. The first kappa shape index (κ1) is 15.0. The van der Waals surface area contributed by atoms with Crippen molar-refractivity contribution in [2.45, 2.75) is 25.3 Å². The van der Waals surface area contributed by atoms with E-state index in [0.717, 1.165) is 19.3 Å². The molecule has 0 bridgehead atoms. The second-order valence-electron chi connectivity index (χ2n) is 5.03. The number of carbonyl (C=O) groups excluding carboxylic acids is 1. The van der Waals surface area contributed by atoms with Gasteiger partial charge >= 0.3 is 0 Å². The van der Waals surface area contributed by atoms with Crippen molar-refractivity contribution in [1.82, 2.24) is 5.32 Å². The van der Waals surface area contributed by atoms with Gasteiger partial charge in [0.25, 0.3) is 5.91 Å². The fourth-order valence-electron chi connectivity index (χ4n) is 2.64. The Morgan fingerprint density at radius 3 is 2.86 bits per heavy atom. The number of nitrogens with zero attached hydrogens (tertiary/aromatic N) is 1. The summed E-state index contributed by atoms with van der Waals surface area (Å²) in [5.74, 6) is -0.126. The molecule has 1 fully saturated rings. The maximum absolute atomic E-state index is 12.2. The number of amidine groups is 1. The first-order valence-corrected chi connectivity index (χ1v) is 6.72. The number of aromatic hydroxyl groups is 1. The SMILES string of the molecule is COc1ccc(C(=O)NC2CCCC2C(N)=NO)c(O)c1. The number of nitrogens with one attached hydrogen (secondary N) is 1. The summed E-state index contributed by atoms with van der Waals surface area (Å²) in [6.45, 7) is 0. The molecule has 0 aromatic heterocycles. The monoisotopic (exact) mass is 293 g/mol. The molecule has 1 saturated carbocycles. The molecule has 1 amide bonds. The van der Waals surface area contributed by atoms with Crippen molar-refractivity contribution >= 4 is 11.7 Å². The van der Waals surface area contributed by atoms with E-state index in [9.17, 15) is 9.90 Å². The van der Waals surface area contributed by atoms with Gasteiger partial charge in [-0.15, -0.1) is 0 Å². The molecule has 2 unspecified atom stereocenters.